The van der Waals surface area contributed by atoms with Gasteiger partial charge in [-0.15, -0.1) is 0 Å². The Labute approximate surface area is 107 Å². The molecule has 16 heavy (non-hydrogen) atoms. The largest absolute Gasteiger partial charge is 0.316 e. The molecule has 0 aliphatic carbocycles. The van der Waals surface area contributed by atoms with E-state index >= 15 is 0 Å². The van der Waals surface area contributed by atoms with Crippen molar-refractivity contribution in [1.29, 1.82) is 0 Å². The highest BCUT2D eigenvalue weighted by atomic mass is 79.9. The van der Waals surface area contributed by atoms with Crippen LogP contribution in [0.1, 0.15) is 5.82 Å². The number of hydrogen-bond acceptors (Lipinski definition) is 2. The zero-order valence-corrected chi connectivity index (χ0v) is 10.9. The highest BCUT2D eigenvalue weighted by Gasteiger charge is 2.21. The van der Waals surface area contributed by atoms with Gasteiger partial charge in [0, 0.05) is 17.1 Å². The van der Waals surface area contributed by atoms with E-state index in [1.54, 1.807) is 0 Å². The van der Waals surface area contributed by atoms with Crippen LogP contribution in [0.2, 0.25) is 5.15 Å². The number of aromatic nitrogens is 2. The van der Waals surface area contributed by atoms with Gasteiger partial charge < -0.3 is 9.72 Å². The van der Waals surface area contributed by atoms with E-state index in [0.29, 0.717) is 11.1 Å². The van der Waals surface area contributed by atoms with Gasteiger partial charge in [-0.3, -0.25) is 0 Å². The van der Waals surface area contributed by atoms with Crippen molar-refractivity contribution < 1.29 is 0 Å². The fourth-order valence-electron chi connectivity index (χ4n) is 2.01. The lowest BCUT2D eigenvalue weighted by molar-refractivity contribution is 0.340. The quantitative estimate of drug-likeness (QED) is 0.923. The van der Waals surface area contributed by atoms with Crippen LogP contribution in [0.5, 0.6) is 0 Å². The van der Waals surface area contributed by atoms with Crippen molar-refractivity contribution in [2.45, 2.75) is 6.42 Å². The van der Waals surface area contributed by atoms with E-state index in [0.717, 1.165) is 35.3 Å². The molecular formula is C11H11BrClN3. The Morgan fingerprint density at radius 2 is 2.38 bits per heavy atom. The van der Waals surface area contributed by atoms with E-state index in [-0.39, 0.29) is 0 Å². The summed E-state index contributed by atoms with van der Waals surface area (Å²) in [6.07, 6.45) is 3.00. The minimum Gasteiger partial charge on any atom is -0.316 e. The Morgan fingerprint density at radius 1 is 1.56 bits per heavy atom. The van der Waals surface area contributed by atoms with Crippen LogP contribution < -0.4 is 5.32 Å². The molecule has 1 aliphatic rings. The maximum atomic E-state index is 6.15. The zero-order valence-electron chi connectivity index (χ0n) is 8.58. The maximum absolute atomic E-state index is 6.15. The molecule has 3 nitrogen and oxygen atoms in total. The molecule has 0 amide bonds. The molecule has 3 heterocycles. The molecule has 1 N–H and O–H groups in total. The van der Waals surface area contributed by atoms with E-state index in [1.165, 1.54) is 0 Å². The first-order valence-electron chi connectivity index (χ1n) is 5.27. The molecule has 0 unspecified atom stereocenters. The normalized spacial score (nSPS) is 16.6. The lowest BCUT2D eigenvalue weighted by Crippen LogP contribution is -2.43. The van der Waals surface area contributed by atoms with Crippen molar-refractivity contribution in [3.8, 4) is 0 Å². The Balaban J connectivity index is 2.07. The summed E-state index contributed by atoms with van der Waals surface area (Å²) in [6, 6.07) is 3.98. The number of halogens is 2. The van der Waals surface area contributed by atoms with Gasteiger partial charge in [0.15, 0.2) is 5.15 Å². The summed E-state index contributed by atoms with van der Waals surface area (Å²) in [5, 5.41) is 3.85. The van der Waals surface area contributed by atoms with E-state index < -0.39 is 0 Å². The molecule has 3 rings (SSSR count). The zero-order chi connectivity index (χ0) is 11.1. The first-order valence-corrected chi connectivity index (χ1v) is 6.44. The van der Waals surface area contributed by atoms with Crippen LogP contribution in [-0.2, 0) is 6.42 Å². The molecule has 1 fully saturated rings. The predicted octanol–water partition coefficient (Wildman–Crippen LogP) is 2.51. The molecule has 1 saturated heterocycles. The summed E-state index contributed by atoms with van der Waals surface area (Å²) < 4.78 is 3.07. The molecule has 0 saturated carbocycles. The first kappa shape index (κ1) is 10.6. The van der Waals surface area contributed by atoms with Crippen LogP contribution >= 0.6 is 27.5 Å². The van der Waals surface area contributed by atoms with Crippen molar-refractivity contribution >= 4 is 33.0 Å². The van der Waals surface area contributed by atoms with Crippen molar-refractivity contribution in [2.24, 2.45) is 5.92 Å². The van der Waals surface area contributed by atoms with Crippen molar-refractivity contribution in [2.75, 3.05) is 13.1 Å². The molecule has 1 aliphatic heterocycles. The van der Waals surface area contributed by atoms with Gasteiger partial charge in [0.1, 0.15) is 5.82 Å². The fourth-order valence-corrected chi connectivity index (χ4v) is 2.95. The molecule has 84 valence electrons. The molecular weight excluding hydrogens is 289 g/mol. The third-order valence-electron chi connectivity index (χ3n) is 2.98. The van der Waals surface area contributed by atoms with E-state index in [4.69, 9.17) is 11.6 Å². The van der Waals surface area contributed by atoms with Gasteiger partial charge in [-0.25, -0.2) is 4.98 Å². The standard InChI is InChI=1S/C11H11BrClN3/c12-8-2-1-3-16-9(4-7-5-14-6-7)15-11(13)10(8)16/h1-3,7,14H,4-6H2. The highest BCUT2D eigenvalue weighted by Crippen LogP contribution is 2.27. The average Bonchev–Trinajstić information content (AvgIpc) is 2.51. The van der Waals surface area contributed by atoms with Crippen LogP contribution in [0.3, 0.4) is 0 Å². The number of nitrogens with one attached hydrogen (secondary N) is 1. The molecule has 0 spiro atoms. The third-order valence-corrected chi connectivity index (χ3v) is 3.89. The summed E-state index contributed by atoms with van der Waals surface area (Å²) in [5.74, 6) is 1.74. The number of imidazole rings is 1. The van der Waals surface area contributed by atoms with Crippen LogP contribution in [0.4, 0.5) is 0 Å². The molecule has 2 aromatic heterocycles. The second-order valence-corrected chi connectivity index (χ2v) is 5.33. The fraction of sp³-hybridized carbons (Fsp3) is 0.364. The van der Waals surface area contributed by atoms with Crippen molar-refractivity contribution in [3.05, 3.63) is 33.8 Å². The second-order valence-electron chi connectivity index (χ2n) is 4.12. The number of nitrogens with zero attached hydrogens (tertiary/aromatic N) is 2. The Kier molecular flexibility index (Phi) is 2.65. The average molecular weight is 301 g/mol. The lowest BCUT2D eigenvalue weighted by atomic mass is 9.99. The number of fused-ring (bicyclic) bond motifs is 1. The summed E-state index contributed by atoms with van der Waals surface area (Å²) in [7, 11) is 0. The first-order chi connectivity index (χ1) is 7.75. The number of pyridine rings is 1. The topological polar surface area (TPSA) is 29.3 Å². The Hall–Kier alpha value is -0.580. The molecule has 5 heteroatoms. The van der Waals surface area contributed by atoms with Gasteiger partial charge in [-0.1, -0.05) is 11.6 Å². The van der Waals surface area contributed by atoms with Gasteiger partial charge in [0.2, 0.25) is 0 Å². The summed E-state index contributed by atoms with van der Waals surface area (Å²) >= 11 is 9.65. The van der Waals surface area contributed by atoms with Crippen molar-refractivity contribution in [1.82, 2.24) is 14.7 Å². The third kappa shape index (κ3) is 1.65. The van der Waals surface area contributed by atoms with Gasteiger partial charge in [-0.05, 0) is 47.1 Å². The lowest BCUT2D eigenvalue weighted by Gasteiger charge is -2.26. The predicted molar refractivity (Wildman–Crippen MR) is 68.0 cm³/mol. The van der Waals surface area contributed by atoms with E-state index in [1.807, 2.05) is 18.3 Å². The van der Waals surface area contributed by atoms with E-state index in [9.17, 15) is 0 Å². The van der Waals surface area contributed by atoms with Crippen molar-refractivity contribution in [3.63, 3.8) is 0 Å². The highest BCUT2D eigenvalue weighted by molar-refractivity contribution is 9.10. The summed E-state index contributed by atoms with van der Waals surface area (Å²) in [5.41, 5.74) is 0.964. The van der Waals surface area contributed by atoms with Gasteiger partial charge in [-0.2, -0.15) is 0 Å². The molecule has 0 aromatic carbocycles. The molecule has 0 bridgehead atoms. The second kappa shape index (κ2) is 4.02. The van der Waals surface area contributed by atoms with Crippen LogP contribution in [0.15, 0.2) is 22.8 Å². The van der Waals surface area contributed by atoms with Gasteiger partial charge >= 0.3 is 0 Å². The molecule has 0 atom stereocenters. The monoisotopic (exact) mass is 299 g/mol. The minimum absolute atomic E-state index is 0.578. The number of hydrogen-bond donors (Lipinski definition) is 1. The van der Waals surface area contributed by atoms with Gasteiger partial charge in [0.05, 0.1) is 5.52 Å². The van der Waals surface area contributed by atoms with Crippen LogP contribution in [0, 0.1) is 5.92 Å². The Morgan fingerprint density at radius 3 is 3.06 bits per heavy atom. The maximum Gasteiger partial charge on any atom is 0.156 e. The summed E-state index contributed by atoms with van der Waals surface area (Å²) in [6.45, 7) is 2.17. The van der Waals surface area contributed by atoms with E-state index in [2.05, 4.69) is 30.6 Å². The Bertz CT molecular complexity index is 533. The number of rotatable bonds is 2. The minimum atomic E-state index is 0.578. The molecule has 2 aromatic rings. The SMILES string of the molecule is Clc1nc(CC2CNC2)n2cccc(Br)c12. The summed E-state index contributed by atoms with van der Waals surface area (Å²) in [4.78, 5) is 4.44. The van der Waals surface area contributed by atoms with Crippen LogP contribution in [0.25, 0.3) is 5.52 Å². The van der Waals surface area contributed by atoms with Crippen LogP contribution in [-0.4, -0.2) is 22.5 Å². The molecule has 0 radical (unpaired) electrons. The smallest absolute Gasteiger partial charge is 0.156 e. The van der Waals surface area contributed by atoms with Gasteiger partial charge in [0.25, 0.3) is 0 Å².